The fraction of sp³-hybridized carbons (Fsp3) is 0.477. The van der Waals surface area contributed by atoms with E-state index < -0.39 is 0 Å². The van der Waals surface area contributed by atoms with Crippen molar-refractivity contribution < 1.29 is 0 Å². The van der Waals surface area contributed by atoms with Gasteiger partial charge in [-0.3, -0.25) is 9.97 Å². The number of thiazole rings is 1. The molecule has 2 aromatic carbocycles. The summed E-state index contributed by atoms with van der Waals surface area (Å²) >= 11 is 1.79. The minimum atomic E-state index is 0. The lowest BCUT2D eigenvalue weighted by Gasteiger charge is -2.01. The summed E-state index contributed by atoms with van der Waals surface area (Å²) in [6.07, 6.45) is 5.53. The van der Waals surface area contributed by atoms with Crippen molar-refractivity contribution in [1.29, 1.82) is 0 Å². The number of fused-ring (bicyclic) bond motifs is 1. The van der Waals surface area contributed by atoms with Crippen molar-refractivity contribution in [2.75, 3.05) is 0 Å². The first-order chi connectivity index (χ1) is 22.7. The molecule has 3 nitrogen and oxygen atoms in total. The molecule has 0 aliphatic rings. The fourth-order valence-electron chi connectivity index (χ4n) is 3.41. The molecule has 0 amide bonds. The molecular formula is C44H73N3S. The van der Waals surface area contributed by atoms with Gasteiger partial charge in [0.2, 0.25) is 0 Å². The second-order valence-electron chi connectivity index (χ2n) is 10.6. The molecule has 3 heterocycles. The zero-order chi connectivity index (χ0) is 36.6. The van der Waals surface area contributed by atoms with Crippen LogP contribution in [0.2, 0.25) is 0 Å². The summed E-state index contributed by atoms with van der Waals surface area (Å²) in [6.45, 7) is 33.4. The molecular weight excluding hydrogens is 603 g/mol. The van der Waals surface area contributed by atoms with Crippen LogP contribution in [0.1, 0.15) is 164 Å². The van der Waals surface area contributed by atoms with Gasteiger partial charge < -0.3 is 0 Å². The van der Waals surface area contributed by atoms with Crippen molar-refractivity contribution in [2.45, 2.75) is 142 Å². The smallest absolute Gasteiger partial charge is 0.0963 e. The molecule has 0 saturated carbocycles. The molecule has 0 N–H and O–H groups in total. The second-order valence-corrected chi connectivity index (χ2v) is 11.7. The highest BCUT2D eigenvalue weighted by molar-refractivity contribution is 7.18. The lowest BCUT2D eigenvalue weighted by Crippen LogP contribution is -1.88. The summed E-state index contributed by atoms with van der Waals surface area (Å²) in [7, 11) is 0. The SMILES string of the molecule is C.CC.CC.CC.CC.CC(C)c1ccccc1.CC(C)c1ccccn1.CC(C)c1cccnc1.CC(C)c1nc2ccccc2s1. The van der Waals surface area contributed by atoms with Crippen LogP contribution in [-0.2, 0) is 0 Å². The zero-order valence-corrected chi connectivity index (χ0v) is 33.7. The summed E-state index contributed by atoms with van der Waals surface area (Å²) in [4.78, 5) is 12.7. The number of benzene rings is 2. The Hall–Kier alpha value is -3.37. The van der Waals surface area contributed by atoms with E-state index in [1.807, 2.05) is 104 Å². The molecule has 0 fully saturated rings. The molecule has 0 aliphatic carbocycles. The fourth-order valence-corrected chi connectivity index (χ4v) is 4.38. The van der Waals surface area contributed by atoms with Crippen molar-refractivity contribution in [3.8, 4) is 0 Å². The summed E-state index contributed by atoms with van der Waals surface area (Å²) in [5.74, 6) is 2.35. The summed E-state index contributed by atoms with van der Waals surface area (Å²) < 4.78 is 1.29. The number of pyridine rings is 2. The van der Waals surface area contributed by atoms with Crippen molar-refractivity contribution >= 4 is 21.6 Å². The Morgan fingerprint density at radius 1 is 0.479 bits per heavy atom. The van der Waals surface area contributed by atoms with Crippen molar-refractivity contribution in [3.63, 3.8) is 0 Å². The Balaban J connectivity index is -0.000000251. The third-order valence-corrected chi connectivity index (χ3v) is 7.24. The van der Waals surface area contributed by atoms with Gasteiger partial charge in [0.25, 0.3) is 0 Å². The van der Waals surface area contributed by atoms with Crippen molar-refractivity contribution in [2.24, 2.45) is 0 Å². The first-order valence-electron chi connectivity index (χ1n) is 17.9. The maximum Gasteiger partial charge on any atom is 0.0963 e. The summed E-state index contributed by atoms with van der Waals surface area (Å²) in [5.41, 5.74) is 5.01. The topological polar surface area (TPSA) is 38.7 Å². The molecule has 5 aromatic rings. The molecule has 0 atom stereocenters. The van der Waals surface area contributed by atoms with Crippen molar-refractivity contribution in [3.05, 3.63) is 125 Å². The van der Waals surface area contributed by atoms with E-state index in [1.165, 1.54) is 20.8 Å². The lowest BCUT2D eigenvalue weighted by atomic mass is 10.0. The van der Waals surface area contributed by atoms with Gasteiger partial charge in [-0.25, -0.2) is 4.98 Å². The number of nitrogens with zero attached hydrogens (tertiary/aromatic N) is 3. The van der Waals surface area contributed by atoms with E-state index in [1.54, 1.807) is 17.5 Å². The van der Waals surface area contributed by atoms with Crippen LogP contribution in [0.4, 0.5) is 0 Å². The Morgan fingerprint density at radius 2 is 0.979 bits per heavy atom. The number of rotatable bonds is 4. The Kier molecular flexibility index (Phi) is 37.5. The average Bonchev–Trinajstić information content (AvgIpc) is 3.59. The van der Waals surface area contributed by atoms with E-state index >= 15 is 0 Å². The van der Waals surface area contributed by atoms with Gasteiger partial charge in [0.1, 0.15) is 0 Å². The molecule has 0 radical (unpaired) electrons. The van der Waals surface area contributed by atoms with Crippen LogP contribution in [0.3, 0.4) is 0 Å². The highest BCUT2D eigenvalue weighted by atomic mass is 32.1. The number of hydrogen-bond donors (Lipinski definition) is 0. The molecule has 0 spiro atoms. The normalized spacial score (nSPS) is 9.00. The van der Waals surface area contributed by atoms with Gasteiger partial charge in [-0.05, 0) is 59.2 Å². The molecule has 3 aromatic heterocycles. The van der Waals surface area contributed by atoms with Crippen LogP contribution in [0.15, 0.2) is 104 Å². The van der Waals surface area contributed by atoms with Crippen LogP contribution >= 0.6 is 11.3 Å². The second kappa shape index (κ2) is 35.0. The van der Waals surface area contributed by atoms with Crippen LogP contribution in [0.5, 0.6) is 0 Å². The van der Waals surface area contributed by atoms with Crippen LogP contribution in [0, 0.1) is 0 Å². The molecule has 0 aliphatic heterocycles. The van der Waals surface area contributed by atoms with E-state index in [0.717, 1.165) is 11.2 Å². The van der Waals surface area contributed by atoms with Gasteiger partial charge in [-0.2, -0.15) is 0 Å². The molecule has 0 unspecified atom stereocenters. The maximum atomic E-state index is 4.53. The van der Waals surface area contributed by atoms with Gasteiger partial charge in [-0.15, -0.1) is 11.3 Å². The quantitative estimate of drug-likeness (QED) is 0.190. The zero-order valence-electron chi connectivity index (χ0n) is 32.9. The molecule has 48 heavy (non-hydrogen) atoms. The number of hydrogen-bond acceptors (Lipinski definition) is 4. The minimum Gasteiger partial charge on any atom is -0.264 e. The minimum absolute atomic E-state index is 0. The summed E-state index contributed by atoms with van der Waals surface area (Å²) in [6, 6.07) is 28.9. The number of aromatic nitrogens is 3. The first kappa shape index (κ1) is 51.5. The largest absolute Gasteiger partial charge is 0.264 e. The van der Waals surface area contributed by atoms with E-state index in [0.29, 0.717) is 23.7 Å². The van der Waals surface area contributed by atoms with Crippen LogP contribution in [0.25, 0.3) is 10.2 Å². The molecule has 5 rings (SSSR count). The predicted molar refractivity (Wildman–Crippen MR) is 223 cm³/mol. The standard InChI is InChI=1S/C10H11NS.C9H12.2C8H11N.4C2H6.CH4/c1-7(2)10-11-8-5-3-4-6-9(8)12-10;1-8(2)9-6-4-3-5-7-9;1-7(2)8-4-3-5-9-6-8;1-7(2)8-5-3-4-6-9-8;4*1-2;/h3-7H,1-2H3;3-8H,1-2H3;2*3-7H,1-2H3;4*1-2H3;1H4. The highest BCUT2D eigenvalue weighted by Crippen LogP contribution is 2.26. The van der Waals surface area contributed by atoms with Crippen molar-refractivity contribution in [1.82, 2.24) is 15.0 Å². The maximum absolute atomic E-state index is 4.53. The average molecular weight is 676 g/mol. The van der Waals surface area contributed by atoms with E-state index in [2.05, 4.69) is 119 Å². The molecule has 0 bridgehead atoms. The third-order valence-electron chi connectivity index (χ3n) is 5.90. The Morgan fingerprint density at radius 3 is 1.33 bits per heavy atom. The molecule has 270 valence electrons. The number of para-hydroxylation sites is 1. The van der Waals surface area contributed by atoms with Crippen LogP contribution in [-0.4, -0.2) is 15.0 Å². The lowest BCUT2D eigenvalue weighted by molar-refractivity contribution is 0.823. The van der Waals surface area contributed by atoms with E-state index in [4.69, 9.17) is 0 Å². The third kappa shape index (κ3) is 23.9. The van der Waals surface area contributed by atoms with Gasteiger partial charge in [0.05, 0.1) is 15.2 Å². The predicted octanol–water partition coefficient (Wildman–Crippen LogP) is 15.4. The highest BCUT2D eigenvalue weighted by Gasteiger charge is 2.05. The van der Waals surface area contributed by atoms with E-state index in [-0.39, 0.29) is 7.43 Å². The first-order valence-corrected chi connectivity index (χ1v) is 18.7. The molecule has 4 heteroatoms. The van der Waals surface area contributed by atoms with Gasteiger partial charge in [0.15, 0.2) is 0 Å². The van der Waals surface area contributed by atoms with E-state index in [9.17, 15) is 0 Å². The molecule has 0 saturated heterocycles. The van der Waals surface area contributed by atoms with Gasteiger partial charge in [0, 0.05) is 30.2 Å². The Bertz CT molecular complexity index is 1160. The van der Waals surface area contributed by atoms with Gasteiger partial charge >= 0.3 is 0 Å². The Labute approximate surface area is 302 Å². The van der Waals surface area contributed by atoms with Crippen LogP contribution < -0.4 is 0 Å². The van der Waals surface area contributed by atoms with Gasteiger partial charge in [-0.1, -0.05) is 173 Å². The summed E-state index contributed by atoms with van der Waals surface area (Å²) in [5, 5.41) is 1.23. The monoisotopic (exact) mass is 676 g/mol.